The molecule has 1 saturated carbocycles. The molecule has 0 heterocycles. The minimum Gasteiger partial charge on any atom is -0.0654 e. The first kappa shape index (κ1) is 24.3. The largest absolute Gasteiger partial charge is 0.0654 e. The SMILES string of the molecule is CCC(C)(C)CC.CCC1CCC(CC)CC1.CCCCC. The highest BCUT2D eigenvalue weighted by atomic mass is 14.2. The van der Waals surface area contributed by atoms with Crippen molar-refractivity contribution in [3.05, 3.63) is 0 Å². The molecule has 136 valence electrons. The van der Waals surface area contributed by atoms with Crippen molar-refractivity contribution in [2.75, 3.05) is 0 Å². The van der Waals surface area contributed by atoms with E-state index >= 15 is 0 Å². The van der Waals surface area contributed by atoms with Gasteiger partial charge in [0, 0.05) is 0 Å². The Morgan fingerprint density at radius 3 is 1.05 bits per heavy atom. The molecule has 0 bridgehead atoms. The van der Waals surface area contributed by atoms with Crippen LogP contribution in [0.4, 0.5) is 0 Å². The van der Waals surface area contributed by atoms with E-state index in [9.17, 15) is 0 Å². The quantitative estimate of drug-likeness (QED) is 0.460. The fraction of sp³-hybridized carbons (Fsp3) is 1.00. The molecule has 0 saturated heterocycles. The molecular formula is C22H48. The monoisotopic (exact) mass is 312 g/mol. The summed E-state index contributed by atoms with van der Waals surface area (Å²) in [6.07, 6.45) is 15.5. The van der Waals surface area contributed by atoms with E-state index in [-0.39, 0.29) is 0 Å². The Balaban J connectivity index is 0. The van der Waals surface area contributed by atoms with Crippen LogP contribution in [0, 0.1) is 17.3 Å². The lowest BCUT2D eigenvalue weighted by molar-refractivity contribution is 0.264. The highest BCUT2D eigenvalue weighted by molar-refractivity contribution is 4.70. The smallest absolute Gasteiger partial charge is 0.0359 e. The summed E-state index contributed by atoms with van der Waals surface area (Å²) in [6.45, 7) is 18.2. The third-order valence-electron chi connectivity index (χ3n) is 5.74. The molecule has 0 amide bonds. The second-order valence-electron chi connectivity index (χ2n) is 7.93. The van der Waals surface area contributed by atoms with E-state index in [1.165, 1.54) is 70.6 Å². The van der Waals surface area contributed by atoms with E-state index in [0.717, 1.165) is 11.8 Å². The first-order chi connectivity index (χ1) is 10.4. The van der Waals surface area contributed by atoms with Gasteiger partial charge >= 0.3 is 0 Å². The van der Waals surface area contributed by atoms with Crippen LogP contribution in [0.25, 0.3) is 0 Å². The van der Waals surface area contributed by atoms with Crippen LogP contribution in [0.2, 0.25) is 0 Å². The van der Waals surface area contributed by atoms with Crippen molar-refractivity contribution in [2.45, 2.75) is 126 Å². The van der Waals surface area contributed by atoms with Crippen LogP contribution in [0.5, 0.6) is 0 Å². The summed E-state index contributed by atoms with van der Waals surface area (Å²) in [4.78, 5) is 0. The maximum absolute atomic E-state index is 2.33. The van der Waals surface area contributed by atoms with E-state index in [1.807, 2.05) is 0 Å². The summed E-state index contributed by atoms with van der Waals surface area (Å²) in [5.41, 5.74) is 0.583. The van der Waals surface area contributed by atoms with Gasteiger partial charge in [0.15, 0.2) is 0 Å². The molecule has 0 aromatic heterocycles. The van der Waals surface area contributed by atoms with Crippen LogP contribution in [0.1, 0.15) is 126 Å². The number of rotatable bonds is 6. The molecule has 1 aliphatic carbocycles. The predicted molar refractivity (Wildman–Crippen MR) is 106 cm³/mol. The third-order valence-corrected chi connectivity index (χ3v) is 5.74. The lowest BCUT2D eigenvalue weighted by atomic mass is 9.80. The highest BCUT2D eigenvalue weighted by Crippen LogP contribution is 2.31. The second-order valence-corrected chi connectivity index (χ2v) is 7.93. The van der Waals surface area contributed by atoms with Crippen molar-refractivity contribution >= 4 is 0 Å². The van der Waals surface area contributed by atoms with Gasteiger partial charge in [0.1, 0.15) is 0 Å². The predicted octanol–water partition coefficient (Wildman–Crippen LogP) is 8.64. The summed E-state index contributed by atoms with van der Waals surface area (Å²) in [5.74, 6) is 2.14. The van der Waals surface area contributed by atoms with Crippen LogP contribution in [0.15, 0.2) is 0 Å². The van der Waals surface area contributed by atoms with Gasteiger partial charge in [0.05, 0.1) is 0 Å². The average molecular weight is 313 g/mol. The van der Waals surface area contributed by atoms with E-state index in [2.05, 4.69) is 55.4 Å². The summed E-state index contributed by atoms with van der Waals surface area (Å²) < 4.78 is 0. The van der Waals surface area contributed by atoms with Gasteiger partial charge in [-0.05, 0) is 17.3 Å². The van der Waals surface area contributed by atoms with Crippen molar-refractivity contribution in [2.24, 2.45) is 17.3 Å². The molecule has 0 N–H and O–H groups in total. The zero-order valence-corrected chi connectivity index (χ0v) is 17.4. The van der Waals surface area contributed by atoms with Crippen molar-refractivity contribution in [3.63, 3.8) is 0 Å². The van der Waals surface area contributed by atoms with Crippen LogP contribution < -0.4 is 0 Å². The van der Waals surface area contributed by atoms with E-state index in [1.54, 1.807) is 0 Å². The zero-order valence-electron chi connectivity index (χ0n) is 17.4. The lowest BCUT2D eigenvalue weighted by Crippen LogP contribution is -2.12. The Morgan fingerprint density at radius 1 is 0.636 bits per heavy atom. The zero-order chi connectivity index (χ0) is 17.4. The first-order valence-corrected chi connectivity index (χ1v) is 10.4. The summed E-state index contributed by atoms with van der Waals surface area (Å²) in [5, 5.41) is 0. The molecular weight excluding hydrogens is 264 g/mol. The van der Waals surface area contributed by atoms with Gasteiger partial charge in [-0.2, -0.15) is 0 Å². The number of hydrogen-bond donors (Lipinski definition) is 0. The van der Waals surface area contributed by atoms with Crippen LogP contribution in [0.3, 0.4) is 0 Å². The Hall–Kier alpha value is 0. The molecule has 0 heteroatoms. The third kappa shape index (κ3) is 14.9. The van der Waals surface area contributed by atoms with Gasteiger partial charge < -0.3 is 0 Å². The maximum Gasteiger partial charge on any atom is -0.0359 e. The van der Waals surface area contributed by atoms with Crippen LogP contribution in [-0.2, 0) is 0 Å². The van der Waals surface area contributed by atoms with Gasteiger partial charge in [0.2, 0.25) is 0 Å². The fourth-order valence-corrected chi connectivity index (χ4v) is 2.65. The Bertz CT molecular complexity index is 176. The normalized spacial score (nSPS) is 21.3. The minimum atomic E-state index is 0.583. The van der Waals surface area contributed by atoms with Gasteiger partial charge in [-0.15, -0.1) is 0 Å². The van der Waals surface area contributed by atoms with Crippen molar-refractivity contribution in [1.82, 2.24) is 0 Å². The molecule has 1 fully saturated rings. The average Bonchev–Trinajstić information content (AvgIpc) is 2.57. The lowest BCUT2D eigenvalue weighted by Gasteiger charge is -2.26. The maximum atomic E-state index is 2.33. The van der Waals surface area contributed by atoms with Crippen LogP contribution in [-0.4, -0.2) is 0 Å². The van der Waals surface area contributed by atoms with Gasteiger partial charge in [-0.1, -0.05) is 126 Å². The number of unbranched alkanes of at least 4 members (excludes halogenated alkanes) is 2. The molecule has 0 aromatic carbocycles. The highest BCUT2D eigenvalue weighted by Gasteiger charge is 2.17. The van der Waals surface area contributed by atoms with E-state index in [4.69, 9.17) is 0 Å². The molecule has 0 radical (unpaired) electrons. The van der Waals surface area contributed by atoms with Gasteiger partial charge in [0.25, 0.3) is 0 Å². The Morgan fingerprint density at radius 2 is 0.955 bits per heavy atom. The molecule has 0 atom stereocenters. The topological polar surface area (TPSA) is 0 Å². The minimum absolute atomic E-state index is 0.583. The number of hydrogen-bond acceptors (Lipinski definition) is 0. The van der Waals surface area contributed by atoms with E-state index < -0.39 is 0 Å². The van der Waals surface area contributed by atoms with Crippen molar-refractivity contribution in [3.8, 4) is 0 Å². The molecule has 22 heavy (non-hydrogen) atoms. The second kappa shape index (κ2) is 15.9. The molecule has 0 unspecified atom stereocenters. The van der Waals surface area contributed by atoms with Gasteiger partial charge in [-0.3, -0.25) is 0 Å². The van der Waals surface area contributed by atoms with Crippen molar-refractivity contribution < 1.29 is 0 Å². The molecule has 1 rings (SSSR count). The Kier molecular flexibility index (Phi) is 17.5. The van der Waals surface area contributed by atoms with E-state index in [0.29, 0.717) is 5.41 Å². The van der Waals surface area contributed by atoms with Crippen LogP contribution >= 0.6 is 0 Å². The summed E-state index contributed by atoms with van der Waals surface area (Å²) >= 11 is 0. The van der Waals surface area contributed by atoms with Gasteiger partial charge in [-0.25, -0.2) is 0 Å². The molecule has 1 aliphatic rings. The molecule has 0 spiro atoms. The molecule has 0 aliphatic heterocycles. The molecule has 0 aromatic rings. The first-order valence-electron chi connectivity index (χ1n) is 10.4. The summed E-state index contributed by atoms with van der Waals surface area (Å²) in [6, 6.07) is 0. The Labute approximate surface area is 143 Å². The van der Waals surface area contributed by atoms with Crippen molar-refractivity contribution in [1.29, 1.82) is 0 Å². The molecule has 0 nitrogen and oxygen atoms in total. The summed E-state index contributed by atoms with van der Waals surface area (Å²) in [7, 11) is 0. The standard InChI is InChI=1S/C10H20.C7H16.C5H12/c1-3-9-5-7-10(4-2)8-6-9;1-5-7(3,4)6-2;1-3-5-4-2/h9-10H,3-8H2,1-2H3;5-6H2,1-4H3;3-5H2,1-2H3. The fourth-order valence-electron chi connectivity index (χ4n) is 2.65.